The van der Waals surface area contributed by atoms with Crippen LogP contribution in [0.25, 0.3) is 0 Å². The molecule has 0 radical (unpaired) electrons. The first kappa shape index (κ1) is 13.7. The third-order valence-electron chi connectivity index (χ3n) is 3.29. The van der Waals surface area contributed by atoms with Crippen molar-refractivity contribution >= 4 is 5.91 Å². The van der Waals surface area contributed by atoms with Crippen molar-refractivity contribution < 1.29 is 14.3 Å². The number of hydrogen-bond acceptors (Lipinski definition) is 4. The van der Waals surface area contributed by atoms with E-state index < -0.39 is 0 Å². The third kappa shape index (κ3) is 2.98. The summed E-state index contributed by atoms with van der Waals surface area (Å²) in [5.41, 5.74) is 0.631. The Hall–Kier alpha value is -1.75. The molecule has 1 aromatic rings. The van der Waals surface area contributed by atoms with Gasteiger partial charge in [0.2, 0.25) is 0 Å². The van der Waals surface area contributed by atoms with Crippen LogP contribution in [0.3, 0.4) is 0 Å². The van der Waals surface area contributed by atoms with Gasteiger partial charge in [-0.3, -0.25) is 4.79 Å². The SMILES string of the molecule is COc1ccc(C(=O)N2CCN[C@H](C)C2)cc1OC. The average molecular weight is 264 g/mol. The molecule has 1 saturated heterocycles. The summed E-state index contributed by atoms with van der Waals surface area (Å²) in [6.07, 6.45) is 0. The molecule has 0 saturated carbocycles. The van der Waals surface area contributed by atoms with Crippen molar-refractivity contribution in [2.45, 2.75) is 13.0 Å². The van der Waals surface area contributed by atoms with Crippen LogP contribution in [0, 0.1) is 0 Å². The molecule has 1 fully saturated rings. The van der Waals surface area contributed by atoms with E-state index in [1.54, 1.807) is 32.4 Å². The highest BCUT2D eigenvalue weighted by atomic mass is 16.5. The van der Waals surface area contributed by atoms with Gasteiger partial charge in [0.25, 0.3) is 5.91 Å². The first-order valence-electron chi connectivity index (χ1n) is 6.40. The molecule has 0 spiro atoms. The van der Waals surface area contributed by atoms with Crippen LogP contribution in [-0.4, -0.2) is 50.7 Å². The molecule has 2 rings (SSSR count). The Labute approximate surface area is 113 Å². The monoisotopic (exact) mass is 264 g/mol. The van der Waals surface area contributed by atoms with Crippen molar-refractivity contribution in [2.75, 3.05) is 33.9 Å². The van der Waals surface area contributed by atoms with E-state index >= 15 is 0 Å². The second-order valence-corrected chi connectivity index (χ2v) is 4.68. The number of benzene rings is 1. The summed E-state index contributed by atoms with van der Waals surface area (Å²) in [6.45, 7) is 4.37. The van der Waals surface area contributed by atoms with Crippen molar-refractivity contribution in [1.29, 1.82) is 0 Å². The first-order valence-corrected chi connectivity index (χ1v) is 6.40. The lowest BCUT2D eigenvalue weighted by atomic mass is 10.1. The summed E-state index contributed by atoms with van der Waals surface area (Å²) in [7, 11) is 3.15. The average Bonchev–Trinajstić information content (AvgIpc) is 2.45. The molecule has 0 aliphatic carbocycles. The Morgan fingerprint density at radius 3 is 2.68 bits per heavy atom. The van der Waals surface area contributed by atoms with Gasteiger partial charge in [0.05, 0.1) is 14.2 Å². The topological polar surface area (TPSA) is 50.8 Å². The van der Waals surface area contributed by atoms with E-state index in [-0.39, 0.29) is 5.91 Å². The molecule has 0 aromatic heterocycles. The Bertz CT molecular complexity index is 462. The number of hydrogen-bond donors (Lipinski definition) is 1. The zero-order valence-corrected chi connectivity index (χ0v) is 11.6. The molecule has 5 nitrogen and oxygen atoms in total. The molecule has 1 N–H and O–H groups in total. The number of methoxy groups -OCH3 is 2. The number of nitrogens with zero attached hydrogens (tertiary/aromatic N) is 1. The molecular weight excluding hydrogens is 244 g/mol. The quantitative estimate of drug-likeness (QED) is 0.889. The van der Waals surface area contributed by atoms with E-state index in [0.29, 0.717) is 23.1 Å². The minimum absolute atomic E-state index is 0.0364. The van der Waals surface area contributed by atoms with E-state index in [4.69, 9.17) is 9.47 Å². The molecule has 1 aliphatic rings. The molecule has 5 heteroatoms. The van der Waals surface area contributed by atoms with Gasteiger partial charge in [0.1, 0.15) is 0 Å². The number of rotatable bonds is 3. The van der Waals surface area contributed by atoms with Crippen LogP contribution >= 0.6 is 0 Å². The highest BCUT2D eigenvalue weighted by molar-refractivity contribution is 5.95. The van der Waals surface area contributed by atoms with Crippen molar-refractivity contribution in [3.63, 3.8) is 0 Å². The third-order valence-corrected chi connectivity index (χ3v) is 3.29. The Kier molecular flexibility index (Phi) is 4.27. The van der Waals surface area contributed by atoms with Gasteiger partial charge < -0.3 is 19.7 Å². The second-order valence-electron chi connectivity index (χ2n) is 4.68. The maximum absolute atomic E-state index is 12.4. The standard InChI is InChI=1S/C14H20N2O3/c1-10-9-16(7-6-15-10)14(17)11-4-5-12(18-2)13(8-11)19-3/h4-5,8,10,15H,6-7,9H2,1-3H3/t10-/m1/s1. The number of amides is 1. The van der Waals surface area contributed by atoms with Crippen LogP contribution < -0.4 is 14.8 Å². The van der Waals surface area contributed by atoms with Crippen molar-refractivity contribution in [3.8, 4) is 11.5 Å². The number of carbonyl (C=O) groups is 1. The fourth-order valence-electron chi connectivity index (χ4n) is 2.27. The van der Waals surface area contributed by atoms with Crippen LogP contribution in [0.15, 0.2) is 18.2 Å². The molecule has 104 valence electrons. The van der Waals surface area contributed by atoms with Gasteiger partial charge in [-0.1, -0.05) is 0 Å². The van der Waals surface area contributed by atoms with Crippen molar-refractivity contribution in [3.05, 3.63) is 23.8 Å². The lowest BCUT2D eigenvalue weighted by Crippen LogP contribution is -2.51. The summed E-state index contributed by atoms with van der Waals surface area (Å²) in [5, 5.41) is 3.32. The van der Waals surface area contributed by atoms with Gasteiger partial charge in [-0.15, -0.1) is 0 Å². The summed E-state index contributed by atoms with van der Waals surface area (Å²) in [4.78, 5) is 14.3. The Balaban J connectivity index is 2.19. The summed E-state index contributed by atoms with van der Waals surface area (Å²) < 4.78 is 10.4. The molecule has 1 aromatic carbocycles. The maximum Gasteiger partial charge on any atom is 0.254 e. The molecule has 1 amide bonds. The van der Waals surface area contributed by atoms with Crippen LogP contribution in [0.4, 0.5) is 0 Å². The van der Waals surface area contributed by atoms with Crippen molar-refractivity contribution in [1.82, 2.24) is 10.2 Å². The number of piperazine rings is 1. The van der Waals surface area contributed by atoms with E-state index in [1.165, 1.54) is 0 Å². The molecular formula is C14H20N2O3. The van der Waals surface area contributed by atoms with Crippen LogP contribution in [0.5, 0.6) is 11.5 Å². The summed E-state index contributed by atoms with van der Waals surface area (Å²) >= 11 is 0. The van der Waals surface area contributed by atoms with Gasteiger partial charge in [0.15, 0.2) is 11.5 Å². The number of nitrogens with one attached hydrogen (secondary N) is 1. The normalized spacial score (nSPS) is 19.1. The van der Waals surface area contributed by atoms with E-state index in [1.807, 2.05) is 4.90 Å². The Morgan fingerprint density at radius 2 is 2.05 bits per heavy atom. The zero-order chi connectivity index (χ0) is 13.8. The fourth-order valence-corrected chi connectivity index (χ4v) is 2.27. The molecule has 1 aliphatic heterocycles. The molecule has 19 heavy (non-hydrogen) atoms. The first-order chi connectivity index (χ1) is 9.15. The van der Waals surface area contributed by atoms with Crippen LogP contribution in [0.2, 0.25) is 0 Å². The minimum atomic E-state index is 0.0364. The van der Waals surface area contributed by atoms with E-state index in [2.05, 4.69) is 12.2 Å². The predicted octanol–water partition coefficient (Wildman–Crippen LogP) is 1.14. The summed E-state index contributed by atoms with van der Waals surface area (Å²) in [6, 6.07) is 5.60. The molecule has 0 unspecified atom stereocenters. The maximum atomic E-state index is 12.4. The predicted molar refractivity (Wildman–Crippen MR) is 72.9 cm³/mol. The van der Waals surface area contributed by atoms with E-state index in [9.17, 15) is 4.79 Å². The minimum Gasteiger partial charge on any atom is -0.493 e. The number of ether oxygens (including phenoxy) is 2. The smallest absolute Gasteiger partial charge is 0.254 e. The Morgan fingerprint density at radius 1 is 1.32 bits per heavy atom. The second kappa shape index (κ2) is 5.93. The highest BCUT2D eigenvalue weighted by Gasteiger charge is 2.22. The fraction of sp³-hybridized carbons (Fsp3) is 0.500. The van der Waals surface area contributed by atoms with Gasteiger partial charge in [0, 0.05) is 31.2 Å². The lowest BCUT2D eigenvalue weighted by Gasteiger charge is -2.32. The summed E-state index contributed by atoms with van der Waals surface area (Å²) in [5.74, 6) is 1.25. The van der Waals surface area contributed by atoms with Gasteiger partial charge >= 0.3 is 0 Å². The zero-order valence-electron chi connectivity index (χ0n) is 11.6. The van der Waals surface area contributed by atoms with E-state index in [0.717, 1.165) is 19.6 Å². The van der Waals surface area contributed by atoms with Gasteiger partial charge in [-0.05, 0) is 25.1 Å². The van der Waals surface area contributed by atoms with Crippen LogP contribution in [-0.2, 0) is 0 Å². The van der Waals surface area contributed by atoms with Crippen molar-refractivity contribution in [2.24, 2.45) is 0 Å². The highest BCUT2D eigenvalue weighted by Crippen LogP contribution is 2.28. The van der Waals surface area contributed by atoms with Gasteiger partial charge in [-0.25, -0.2) is 0 Å². The molecule has 1 heterocycles. The molecule has 1 atom stereocenters. The van der Waals surface area contributed by atoms with Crippen LogP contribution in [0.1, 0.15) is 17.3 Å². The van der Waals surface area contributed by atoms with Gasteiger partial charge in [-0.2, -0.15) is 0 Å². The molecule has 0 bridgehead atoms. The largest absolute Gasteiger partial charge is 0.493 e. The number of carbonyl (C=O) groups excluding carboxylic acids is 1. The lowest BCUT2D eigenvalue weighted by molar-refractivity contribution is 0.0708.